The van der Waals surface area contributed by atoms with Crippen molar-refractivity contribution in [1.29, 1.82) is 0 Å². The van der Waals surface area contributed by atoms with Gasteiger partial charge in [0, 0.05) is 0 Å². The van der Waals surface area contributed by atoms with E-state index in [2.05, 4.69) is 4.72 Å². The number of halogens is 1. The lowest BCUT2D eigenvalue weighted by Gasteiger charge is -2.13. The lowest BCUT2D eigenvalue weighted by Crippen LogP contribution is -2.14. The van der Waals surface area contributed by atoms with E-state index in [1.165, 1.54) is 18.2 Å². The van der Waals surface area contributed by atoms with E-state index in [1.807, 2.05) is 12.1 Å². The summed E-state index contributed by atoms with van der Waals surface area (Å²) < 4.78 is 40.7. The van der Waals surface area contributed by atoms with Gasteiger partial charge in [-0.2, -0.15) is 0 Å². The van der Waals surface area contributed by atoms with Crippen LogP contribution in [0.25, 0.3) is 0 Å². The lowest BCUT2D eigenvalue weighted by molar-refractivity contribution is 0.0696. The van der Waals surface area contributed by atoms with E-state index in [0.29, 0.717) is 18.5 Å². The zero-order valence-electron chi connectivity index (χ0n) is 14.8. The first kappa shape index (κ1) is 19.6. The summed E-state index contributed by atoms with van der Waals surface area (Å²) in [7, 11) is -3.85. The quantitative estimate of drug-likeness (QED) is 0.626. The van der Waals surface area contributed by atoms with Crippen LogP contribution in [0.1, 0.15) is 21.5 Å². The summed E-state index contributed by atoms with van der Waals surface area (Å²) in [5.41, 5.74) is 2.26. The van der Waals surface area contributed by atoms with Crippen molar-refractivity contribution in [2.45, 2.75) is 17.7 Å². The molecule has 0 fully saturated rings. The van der Waals surface area contributed by atoms with Crippen LogP contribution in [0.5, 0.6) is 0 Å². The van der Waals surface area contributed by atoms with E-state index in [-0.39, 0.29) is 10.5 Å². The van der Waals surface area contributed by atoms with Crippen molar-refractivity contribution in [2.24, 2.45) is 0 Å². The Bertz CT molecular complexity index is 1100. The van der Waals surface area contributed by atoms with Gasteiger partial charge in [-0.05, 0) is 66.4 Å². The maximum absolute atomic E-state index is 13.1. The molecule has 144 valence electrons. The van der Waals surface area contributed by atoms with Crippen LogP contribution in [-0.4, -0.2) is 19.5 Å². The van der Waals surface area contributed by atoms with E-state index >= 15 is 0 Å². The van der Waals surface area contributed by atoms with E-state index in [9.17, 15) is 17.6 Å². The largest absolute Gasteiger partial charge is 0.478 e. The van der Waals surface area contributed by atoms with Crippen molar-refractivity contribution < 1.29 is 22.7 Å². The topological polar surface area (TPSA) is 83.5 Å². The fourth-order valence-electron chi connectivity index (χ4n) is 2.79. The molecule has 0 heterocycles. The standard InChI is InChI=1S/C21H18FNO4S/c22-18-10-12-19(13-11-18)28(26,27)23-20-7-2-1-5-16(20)9-8-15-4-3-6-17(14-15)21(24)25/h1-7,10-14,23H,8-9H2,(H,24,25). The van der Waals surface area contributed by atoms with Crippen molar-refractivity contribution in [3.63, 3.8) is 0 Å². The molecule has 28 heavy (non-hydrogen) atoms. The number of hydrogen-bond acceptors (Lipinski definition) is 3. The van der Waals surface area contributed by atoms with Crippen LogP contribution >= 0.6 is 0 Å². The highest BCUT2D eigenvalue weighted by molar-refractivity contribution is 7.92. The van der Waals surface area contributed by atoms with Crippen LogP contribution in [0.3, 0.4) is 0 Å². The third kappa shape index (κ3) is 4.75. The van der Waals surface area contributed by atoms with Crippen LogP contribution in [0.15, 0.2) is 77.7 Å². The fraction of sp³-hybridized carbons (Fsp3) is 0.0952. The molecular weight excluding hydrogens is 381 g/mol. The molecule has 2 N–H and O–H groups in total. The normalized spacial score (nSPS) is 11.2. The monoisotopic (exact) mass is 399 g/mol. The summed E-state index contributed by atoms with van der Waals surface area (Å²) in [6, 6.07) is 18.2. The Morgan fingerprint density at radius 3 is 2.36 bits per heavy atom. The zero-order chi connectivity index (χ0) is 20.1. The first-order chi connectivity index (χ1) is 13.3. The van der Waals surface area contributed by atoms with Crippen molar-refractivity contribution in [1.82, 2.24) is 0 Å². The fourth-order valence-corrected chi connectivity index (χ4v) is 3.90. The second kappa shape index (κ2) is 8.22. The molecular formula is C21H18FNO4S. The van der Waals surface area contributed by atoms with Gasteiger partial charge in [0.05, 0.1) is 16.1 Å². The molecule has 0 aliphatic rings. The number of nitrogens with one attached hydrogen (secondary N) is 1. The Hall–Kier alpha value is -3.19. The van der Waals surface area contributed by atoms with Crippen molar-refractivity contribution >= 4 is 21.7 Å². The van der Waals surface area contributed by atoms with E-state index in [4.69, 9.17) is 5.11 Å². The average Bonchev–Trinajstić information content (AvgIpc) is 2.67. The van der Waals surface area contributed by atoms with E-state index in [0.717, 1.165) is 23.3 Å². The number of carbonyl (C=O) groups is 1. The molecule has 0 bridgehead atoms. The second-order valence-corrected chi connectivity index (χ2v) is 7.90. The number of sulfonamides is 1. The van der Waals surface area contributed by atoms with Gasteiger partial charge in [0.25, 0.3) is 10.0 Å². The number of aryl methyl sites for hydroxylation is 2. The zero-order valence-corrected chi connectivity index (χ0v) is 15.6. The van der Waals surface area contributed by atoms with Crippen LogP contribution in [0.2, 0.25) is 0 Å². The molecule has 3 rings (SSSR count). The summed E-state index contributed by atoms with van der Waals surface area (Å²) in [6.07, 6.45) is 1.07. The number of para-hydroxylation sites is 1. The number of aromatic carboxylic acids is 1. The summed E-state index contributed by atoms with van der Waals surface area (Å²) in [5, 5.41) is 9.09. The van der Waals surface area contributed by atoms with Crippen molar-refractivity contribution in [2.75, 3.05) is 4.72 Å². The highest BCUT2D eigenvalue weighted by atomic mass is 32.2. The Kier molecular flexibility index (Phi) is 5.75. The van der Waals surface area contributed by atoms with Gasteiger partial charge in [-0.25, -0.2) is 17.6 Å². The Morgan fingerprint density at radius 1 is 0.929 bits per heavy atom. The number of carboxylic acids is 1. The van der Waals surface area contributed by atoms with Crippen LogP contribution in [0.4, 0.5) is 10.1 Å². The third-order valence-corrected chi connectivity index (χ3v) is 5.62. The van der Waals surface area contributed by atoms with Gasteiger partial charge in [0.15, 0.2) is 0 Å². The van der Waals surface area contributed by atoms with Crippen molar-refractivity contribution in [3.05, 3.63) is 95.3 Å². The Morgan fingerprint density at radius 2 is 1.64 bits per heavy atom. The minimum Gasteiger partial charge on any atom is -0.478 e. The highest BCUT2D eigenvalue weighted by Gasteiger charge is 2.16. The minimum absolute atomic E-state index is 0.0298. The predicted octanol–water partition coefficient (Wildman–Crippen LogP) is 4.11. The average molecular weight is 399 g/mol. The van der Waals surface area contributed by atoms with Gasteiger partial charge < -0.3 is 5.11 Å². The van der Waals surface area contributed by atoms with Gasteiger partial charge in [-0.15, -0.1) is 0 Å². The summed E-state index contributed by atoms with van der Waals surface area (Å²) in [6.45, 7) is 0. The molecule has 5 nitrogen and oxygen atoms in total. The van der Waals surface area contributed by atoms with E-state index < -0.39 is 21.8 Å². The van der Waals surface area contributed by atoms with Gasteiger partial charge in [-0.3, -0.25) is 4.72 Å². The number of hydrogen-bond donors (Lipinski definition) is 2. The maximum Gasteiger partial charge on any atom is 0.335 e. The summed E-state index contributed by atoms with van der Waals surface area (Å²) in [5.74, 6) is -1.50. The molecule has 0 saturated carbocycles. The van der Waals surface area contributed by atoms with Gasteiger partial charge in [0.1, 0.15) is 5.82 Å². The Labute approximate surface area is 162 Å². The molecule has 0 spiro atoms. The minimum atomic E-state index is -3.85. The number of carboxylic acid groups (broad SMARTS) is 1. The van der Waals surface area contributed by atoms with Crippen LogP contribution in [-0.2, 0) is 22.9 Å². The molecule has 7 heteroatoms. The smallest absolute Gasteiger partial charge is 0.335 e. The molecule has 0 aliphatic heterocycles. The van der Waals surface area contributed by atoms with Crippen LogP contribution < -0.4 is 4.72 Å². The second-order valence-electron chi connectivity index (χ2n) is 6.22. The molecule has 0 unspecified atom stereocenters. The van der Waals surface area contributed by atoms with Gasteiger partial charge in [-0.1, -0.05) is 30.3 Å². The molecule has 0 radical (unpaired) electrons. The Balaban J connectivity index is 1.79. The van der Waals surface area contributed by atoms with Crippen molar-refractivity contribution in [3.8, 4) is 0 Å². The van der Waals surface area contributed by atoms with Gasteiger partial charge in [0.2, 0.25) is 0 Å². The summed E-state index contributed by atoms with van der Waals surface area (Å²) >= 11 is 0. The van der Waals surface area contributed by atoms with E-state index in [1.54, 1.807) is 30.3 Å². The number of anilines is 1. The molecule has 0 saturated heterocycles. The highest BCUT2D eigenvalue weighted by Crippen LogP contribution is 2.22. The molecule has 0 aliphatic carbocycles. The molecule has 0 amide bonds. The van der Waals surface area contributed by atoms with Gasteiger partial charge >= 0.3 is 5.97 Å². The molecule has 0 atom stereocenters. The first-order valence-corrected chi connectivity index (χ1v) is 10.0. The number of benzene rings is 3. The predicted molar refractivity (Wildman–Crippen MR) is 104 cm³/mol. The summed E-state index contributed by atoms with van der Waals surface area (Å²) in [4.78, 5) is 11.1. The molecule has 3 aromatic carbocycles. The molecule has 0 aromatic heterocycles. The maximum atomic E-state index is 13.1. The number of rotatable bonds is 7. The van der Waals surface area contributed by atoms with Crippen LogP contribution in [0, 0.1) is 5.82 Å². The third-order valence-electron chi connectivity index (χ3n) is 4.24. The lowest BCUT2D eigenvalue weighted by atomic mass is 10.0. The molecule has 3 aromatic rings. The first-order valence-electron chi connectivity index (χ1n) is 8.54. The SMILES string of the molecule is O=C(O)c1cccc(CCc2ccccc2NS(=O)(=O)c2ccc(F)cc2)c1.